The number of hydrogen-bond acceptors (Lipinski definition) is 5. The standard InChI is InChI=1S/C12H10N4O3/c1-7-13-14-12-15(7)10-6-4-3-5-9(10)11(18)16(12)19-8(2)17/h3-6H,1-2H3. The molecule has 19 heavy (non-hydrogen) atoms. The lowest BCUT2D eigenvalue weighted by molar-refractivity contribution is -0.141. The Morgan fingerprint density at radius 1 is 1.26 bits per heavy atom. The number of hydrogen-bond donors (Lipinski definition) is 0. The summed E-state index contributed by atoms with van der Waals surface area (Å²) in [6.07, 6.45) is 0. The average molecular weight is 258 g/mol. The molecule has 0 saturated heterocycles. The van der Waals surface area contributed by atoms with Crippen molar-refractivity contribution >= 4 is 22.6 Å². The van der Waals surface area contributed by atoms with Crippen LogP contribution < -0.4 is 10.4 Å². The maximum absolute atomic E-state index is 12.3. The molecule has 0 N–H and O–H groups in total. The first-order valence-electron chi connectivity index (χ1n) is 5.64. The zero-order valence-electron chi connectivity index (χ0n) is 10.3. The van der Waals surface area contributed by atoms with Gasteiger partial charge in [0.15, 0.2) is 0 Å². The van der Waals surface area contributed by atoms with Crippen LogP contribution in [0.4, 0.5) is 0 Å². The molecule has 3 aromatic rings. The van der Waals surface area contributed by atoms with Crippen LogP contribution in [0.15, 0.2) is 29.1 Å². The van der Waals surface area contributed by atoms with Gasteiger partial charge in [0.05, 0.1) is 10.9 Å². The Labute approximate surface area is 107 Å². The van der Waals surface area contributed by atoms with Crippen LogP contribution in [-0.4, -0.2) is 25.3 Å². The Morgan fingerprint density at radius 2 is 2.00 bits per heavy atom. The first-order chi connectivity index (χ1) is 9.09. The first kappa shape index (κ1) is 11.4. The topological polar surface area (TPSA) is 78.5 Å². The van der Waals surface area contributed by atoms with Gasteiger partial charge in [0.1, 0.15) is 5.82 Å². The summed E-state index contributed by atoms with van der Waals surface area (Å²) in [7, 11) is 0. The van der Waals surface area contributed by atoms with E-state index >= 15 is 0 Å². The normalized spacial score (nSPS) is 11.1. The lowest BCUT2D eigenvalue weighted by atomic mass is 10.2. The second-order valence-corrected chi connectivity index (χ2v) is 4.08. The zero-order chi connectivity index (χ0) is 13.6. The molecular formula is C12H10N4O3. The second kappa shape index (κ2) is 3.91. The summed E-state index contributed by atoms with van der Waals surface area (Å²) in [4.78, 5) is 28.3. The molecule has 0 atom stereocenters. The van der Waals surface area contributed by atoms with Gasteiger partial charge in [-0.15, -0.1) is 10.2 Å². The van der Waals surface area contributed by atoms with E-state index in [1.54, 1.807) is 29.5 Å². The summed E-state index contributed by atoms with van der Waals surface area (Å²) in [5.74, 6) is 0.184. The van der Waals surface area contributed by atoms with Crippen LogP contribution in [0.2, 0.25) is 0 Å². The number of carbonyl (C=O) groups is 1. The Bertz CT molecular complexity index is 862. The Kier molecular flexibility index (Phi) is 2.34. The van der Waals surface area contributed by atoms with Gasteiger partial charge in [-0.3, -0.25) is 9.20 Å². The summed E-state index contributed by atoms with van der Waals surface area (Å²) in [5, 5.41) is 8.23. The molecule has 3 rings (SSSR count). The van der Waals surface area contributed by atoms with Crippen molar-refractivity contribution in [2.45, 2.75) is 13.8 Å². The van der Waals surface area contributed by atoms with Crippen molar-refractivity contribution in [3.05, 3.63) is 40.4 Å². The highest BCUT2D eigenvalue weighted by molar-refractivity contribution is 5.80. The molecule has 0 saturated carbocycles. The maximum atomic E-state index is 12.3. The Hall–Kier alpha value is -2.70. The molecule has 0 amide bonds. The van der Waals surface area contributed by atoms with Gasteiger partial charge < -0.3 is 4.84 Å². The highest BCUT2D eigenvalue weighted by atomic mass is 16.7. The van der Waals surface area contributed by atoms with Crippen LogP contribution in [0.5, 0.6) is 0 Å². The summed E-state index contributed by atoms with van der Waals surface area (Å²) in [6, 6.07) is 7.01. The van der Waals surface area contributed by atoms with Crippen molar-refractivity contribution in [1.82, 2.24) is 19.3 Å². The minimum atomic E-state index is -0.597. The van der Waals surface area contributed by atoms with Crippen LogP contribution in [0, 0.1) is 6.92 Å². The van der Waals surface area contributed by atoms with Gasteiger partial charge in [0.2, 0.25) is 0 Å². The minimum absolute atomic E-state index is 0.177. The molecule has 7 heteroatoms. The van der Waals surface area contributed by atoms with Crippen molar-refractivity contribution < 1.29 is 9.63 Å². The second-order valence-electron chi connectivity index (χ2n) is 4.08. The van der Waals surface area contributed by atoms with E-state index in [2.05, 4.69) is 10.2 Å². The fourth-order valence-electron chi connectivity index (χ4n) is 2.03. The van der Waals surface area contributed by atoms with Crippen LogP contribution >= 0.6 is 0 Å². The van der Waals surface area contributed by atoms with Gasteiger partial charge in [-0.1, -0.05) is 16.9 Å². The lowest BCUT2D eigenvalue weighted by Gasteiger charge is -2.08. The SMILES string of the molecule is CC(=O)On1c(=O)c2ccccc2n2c(C)nnc12. The predicted molar refractivity (Wildman–Crippen MR) is 66.8 cm³/mol. The number of aryl methyl sites for hydroxylation is 1. The minimum Gasteiger partial charge on any atom is -0.330 e. The van der Waals surface area contributed by atoms with E-state index in [4.69, 9.17) is 4.84 Å². The van der Waals surface area contributed by atoms with Crippen LogP contribution in [0.3, 0.4) is 0 Å². The molecule has 0 radical (unpaired) electrons. The van der Waals surface area contributed by atoms with Crippen molar-refractivity contribution in [3.8, 4) is 0 Å². The molecule has 0 spiro atoms. The zero-order valence-corrected chi connectivity index (χ0v) is 10.3. The van der Waals surface area contributed by atoms with Crippen molar-refractivity contribution in [3.63, 3.8) is 0 Å². The van der Waals surface area contributed by atoms with Crippen molar-refractivity contribution in [2.75, 3.05) is 0 Å². The average Bonchev–Trinajstić information content (AvgIpc) is 2.76. The molecule has 7 nitrogen and oxygen atoms in total. The summed E-state index contributed by atoms with van der Waals surface area (Å²) >= 11 is 0. The Balaban J connectivity index is 2.56. The van der Waals surface area contributed by atoms with Crippen molar-refractivity contribution in [2.24, 2.45) is 0 Å². The molecule has 0 aliphatic rings. The van der Waals surface area contributed by atoms with E-state index < -0.39 is 11.5 Å². The fraction of sp³-hybridized carbons (Fsp3) is 0.167. The number of para-hydroxylation sites is 1. The quantitative estimate of drug-likeness (QED) is 0.628. The molecule has 1 aromatic carbocycles. The molecule has 2 aromatic heterocycles. The third-order valence-corrected chi connectivity index (χ3v) is 2.77. The monoisotopic (exact) mass is 258 g/mol. The number of nitrogens with zero attached hydrogens (tertiary/aromatic N) is 4. The van der Waals surface area contributed by atoms with Gasteiger partial charge in [-0.05, 0) is 19.1 Å². The molecular weight excluding hydrogens is 248 g/mol. The van der Waals surface area contributed by atoms with Crippen LogP contribution in [0.1, 0.15) is 12.7 Å². The van der Waals surface area contributed by atoms with E-state index in [9.17, 15) is 9.59 Å². The van der Waals surface area contributed by atoms with Crippen LogP contribution in [-0.2, 0) is 4.79 Å². The van der Waals surface area contributed by atoms with Gasteiger partial charge >= 0.3 is 5.97 Å². The molecule has 0 unspecified atom stereocenters. The van der Waals surface area contributed by atoms with Crippen molar-refractivity contribution in [1.29, 1.82) is 0 Å². The third-order valence-electron chi connectivity index (χ3n) is 2.77. The van der Waals surface area contributed by atoms with E-state index in [0.717, 1.165) is 4.73 Å². The fourth-order valence-corrected chi connectivity index (χ4v) is 2.03. The highest BCUT2D eigenvalue weighted by Gasteiger charge is 2.16. The smallest absolute Gasteiger partial charge is 0.330 e. The number of carbonyl (C=O) groups excluding carboxylic acids is 1. The van der Waals surface area contributed by atoms with Gasteiger partial charge in [0, 0.05) is 6.92 Å². The molecule has 2 heterocycles. The van der Waals surface area contributed by atoms with E-state index in [0.29, 0.717) is 16.7 Å². The molecule has 0 aliphatic carbocycles. The molecule has 0 fully saturated rings. The number of benzene rings is 1. The summed E-state index contributed by atoms with van der Waals surface area (Å²) in [6.45, 7) is 2.98. The van der Waals surface area contributed by atoms with Crippen LogP contribution in [0.25, 0.3) is 16.7 Å². The molecule has 0 bridgehead atoms. The number of fused-ring (bicyclic) bond motifs is 3. The van der Waals surface area contributed by atoms with E-state index in [1.807, 2.05) is 6.07 Å². The summed E-state index contributed by atoms with van der Waals surface area (Å²) < 4.78 is 2.53. The van der Waals surface area contributed by atoms with Gasteiger partial charge in [-0.25, -0.2) is 4.79 Å². The number of aromatic nitrogens is 4. The van der Waals surface area contributed by atoms with Gasteiger partial charge in [0.25, 0.3) is 11.3 Å². The maximum Gasteiger partial charge on any atom is 0.330 e. The largest absolute Gasteiger partial charge is 0.330 e. The van der Waals surface area contributed by atoms with E-state index in [-0.39, 0.29) is 5.78 Å². The Morgan fingerprint density at radius 3 is 2.74 bits per heavy atom. The third kappa shape index (κ3) is 1.59. The van der Waals surface area contributed by atoms with E-state index in [1.165, 1.54) is 6.92 Å². The first-order valence-corrected chi connectivity index (χ1v) is 5.64. The summed E-state index contributed by atoms with van der Waals surface area (Å²) in [5.41, 5.74) is 0.235. The molecule has 0 aliphatic heterocycles. The van der Waals surface area contributed by atoms with Gasteiger partial charge in [-0.2, -0.15) is 0 Å². The highest BCUT2D eigenvalue weighted by Crippen LogP contribution is 2.13. The number of rotatable bonds is 1. The lowest BCUT2D eigenvalue weighted by Crippen LogP contribution is -2.31. The molecule has 96 valence electrons. The predicted octanol–water partition coefficient (Wildman–Crippen LogP) is 0.328.